The molecular formula is C20H22N6O2. The van der Waals surface area contributed by atoms with Crippen LogP contribution in [0.25, 0.3) is 11.4 Å². The van der Waals surface area contributed by atoms with Crippen molar-refractivity contribution in [3.05, 3.63) is 59.9 Å². The molecule has 8 nitrogen and oxygen atoms in total. The number of amides is 1. The zero-order valence-corrected chi connectivity index (χ0v) is 15.7. The average molecular weight is 378 g/mol. The van der Waals surface area contributed by atoms with E-state index in [1.54, 1.807) is 17.3 Å². The number of ether oxygens (including phenoxy) is 1. The van der Waals surface area contributed by atoms with Gasteiger partial charge in [0.05, 0.1) is 13.2 Å². The highest BCUT2D eigenvalue weighted by Crippen LogP contribution is 2.18. The Morgan fingerprint density at radius 1 is 1.18 bits per heavy atom. The molecule has 1 fully saturated rings. The number of nitrogens with one attached hydrogen (secondary N) is 1. The highest BCUT2D eigenvalue weighted by atomic mass is 16.5. The smallest absolute Gasteiger partial charge is 0.348 e. The molecule has 0 aliphatic carbocycles. The van der Waals surface area contributed by atoms with Crippen molar-refractivity contribution in [3.8, 4) is 11.4 Å². The minimum Gasteiger partial charge on any atom is -0.378 e. The van der Waals surface area contributed by atoms with Gasteiger partial charge in [-0.3, -0.25) is 4.98 Å². The van der Waals surface area contributed by atoms with Gasteiger partial charge in [-0.25, -0.2) is 4.79 Å². The van der Waals surface area contributed by atoms with E-state index in [1.165, 1.54) is 10.2 Å². The maximum atomic E-state index is 13.0. The molecule has 1 aliphatic rings. The molecule has 0 unspecified atom stereocenters. The summed E-state index contributed by atoms with van der Waals surface area (Å²) in [6.45, 7) is 4.73. The Kier molecular flexibility index (Phi) is 5.29. The average Bonchev–Trinajstić information content (AvgIpc) is 3.18. The van der Waals surface area contributed by atoms with Gasteiger partial charge in [0.2, 0.25) is 5.95 Å². The molecule has 0 bridgehead atoms. The number of pyridine rings is 1. The van der Waals surface area contributed by atoms with Crippen LogP contribution in [0.1, 0.15) is 11.1 Å². The van der Waals surface area contributed by atoms with Crippen LogP contribution in [0.3, 0.4) is 0 Å². The number of morpholine rings is 1. The minimum absolute atomic E-state index is 0.211. The summed E-state index contributed by atoms with van der Waals surface area (Å²) < 4.78 is 6.68. The number of aryl methyl sites for hydroxylation is 1. The first-order valence-electron chi connectivity index (χ1n) is 9.24. The van der Waals surface area contributed by atoms with Gasteiger partial charge in [0.15, 0.2) is 5.82 Å². The Labute approximate surface area is 163 Å². The first kappa shape index (κ1) is 18.1. The zero-order chi connectivity index (χ0) is 19.3. The van der Waals surface area contributed by atoms with Gasteiger partial charge in [-0.2, -0.15) is 4.98 Å². The van der Waals surface area contributed by atoms with E-state index in [4.69, 9.17) is 4.74 Å². The predicted molar refractivity (Wildman–Crippen MR) is 105 cm³/mol. The number of carbonyl (C=O) groups excluding carboxylic acids is 1. The number of benzene rings is 1. The maximum absolute atomic E-state index is 13.0. The van der Waals surface area contributed by atoms with Crippen LogP contribution in [-0.2, 0) is 11.3 Å². The van der Waals surface area contributed by atoms with Crippen molar-refractivity contribution >= 4 is 12.0 Å². The number of anilines is 1. The lowest BCUT2D eigenvalue weighted by Gasteiger charge is -2.26. The first-order chi connectivity index (χ1) is 13.7. The molecule has 0 saturated carbocycles. The zero-order valence-electron chi connectivity index (χ0n) is 15.7. The molecule has 0 radical (unpaired) electrons. The van der Waals surface area contributed by atoms with Crippen molar-refractivity contribution < 1.29 is 9.53 Å². The predicted octanol–water partition coefficient (Wildman–Crippen LogP) is 2.56. The van der Waals surface area contributed by atoms with Crippen LogP contribution in [0.5, 0.6) is 0 Å². The normalized spacial score (nSPS) is 14.1. The fraction of sp³-hybridized carbons (Fsp3) is 0.300. The second-order valence-corrected chi connectivity index (χ2v) is 6.63. The molecule has 1 saturated heterocycles. The Bertz CT molecular complexity index is 933. The fourth-order valence-electron chi connectivity index (χ4n) is 2.95. The molecule has 4 rings (SSSR count). The number of hydrogen-bond acceptors (Lipinski definition) is 6. The summed E-state index contributed by atoms with van der Waals surface area (Å²) in [5, 5.41) is 7.70. The maximum Gasteiger partial charge on any atom is 0.348 e. The molecule has 28 heavy (non-hydrogen) atoms. The number of rotatable bonds is 4. The number of aromatic nitrogens is 4. The van der Waals surface area contributed by atoms with Crippen molar-refractivity contribution in [2.45, 2.75) is 13.5 Å². The summed E-state index contributed by atoms with van der Waals surface area (Å²) in [6, 6.07) is 11.7. The topological polar surface area (TPSA) is 85.2 Å². The van der Waals surface area contributed by atoms with Gasteiger partial charge in [-0.15, -0.1) is 9.78 Å². The molecule has 3 aromatic rings. The molecule has 0 spiro atoms. The fourth-order valence-corrected chi connectivity index (χ4v) is 2.95. The van der Waals surface area contributed by atoms with Crippen LogP contribution in [0.15, 0.2) is 48.8 Å². The van der Waals surface area contributed by atoms with E-state index < -0.39 is 0 Å². The van der Waals surface area contributed by atoms with Gasteiger partial charge in [0.25, 0.3) is 0 Å². The largest absolute Gasteiger partial charge is 0.378 e. The van der Waals surface area contributed by atoms with E-state index in [0.29, 0.717) is 44.6 Å². The number of hydrogen-bond donors (Lipinski definition) is 1. The Hall–Kier alpha value is -3.26. The summed E-state index contributed by atoms with van der Waals surface area (Å²) in [5.41, 5.74) is 3.06. The molecule has 0 atom stereocenters. The van der Waals surface area contributed by atoms with Crippen LogP contribution in [0.4, 0.5) is 10.7 Å². The van der Waals surface area contributed by atoms with Crippen LogP contribution in [0, 0.1) is 6.92 Å². The van der Waals surface area contributed by atoms with E-state index >= 15 is 0 Å². The van der Waals surface area contributed by atoms with E-state index in [1.807, 2.05) is 12.1 Å². The van der Waals surface area contributed by atoms with Gasteiger partial charge in [0.1, 0.15) is 0 Å². The SMILES string of the molecule is Cc1ccc(CNc2nc(-c3cccnc3)nn2C(=O)N2CCOCC2)cc1. The summed E-state index contributed by atoms with van der Waals surface area (Å²) >= 11 is 0. The van der Waals surface area contributed by atoms with Crippen molar-refractivity contribution in [3.63, 3.8) is 0 Å². The standard InChI is InChI=1S/C20H22N6O2/c1-15-4-6-16(7-5-15)13-22-19-23-18(17-3-2-8-21-14-17)24-26(19)20(27)25-9-11-28-12-10-25/h2-8,14H,9-13H2,1H3,(H,22,23,24). The molecule has 8 heteroatoms. The van der Waals surface area contributed by atoms with Gasteiger partial charge in [-0.1, -0.05) is 29.8 Å². The Balaban J connectivity index is 1.61. The van der Waals surface area contributed by atoms with E-state index in [2.05, 4.69) is 51.6 Å². The van der Waals surface area contributed by atoms with Crippen LogP contribution in [-0.4, -0.2) is 57.0 Å². The molecular weight excluding hydrogens is 356 g/mol. The van der Waals surface area contributed by atoms with Crippen molar-refractivity contribution in [1.29, 1.82) is 0 Å². The van der Waals surface area contributed by atoms with Gasteiger partial charge in [0, 0.05) is 37.6 Å². The number of nitrogens with zero attached hydrogens (tertiary/aromatic N) is 5. The molecule has 1 aliphatic heterocycles. The highest BCUT2D eigenvalue weighted by Gasteiger charge is 2.24. The lowest BCUT2D eigenvalue weighted by Crippen LogP contribution is -2.43. The third kappa shape index (κ3) is 4.01. The molecule has 1 N–H and O–H groups in total. The summed E-state index contributed by atoms with van der Waals surface area (Å²) in [4.78, 5) is 23.4. The van der Waals surface area contributed by atoms with Crippen molar-refractivity contribution in [2.24, 2.45) is 0 Å². The number of carbonyl (C=O) groups is 1. The third-order valence-electron chi connectivity index (χ3n) is 4.56. The van der Waals surface area contributed by atoms with E-state index in [0.717, 1.165) is 11.1 Å². The van der Waals surface area contributed by atoms with Gasteiger partial charge >= 0.3 is 6.03 Å². The first-order valence-corrected chi connectivity index (χ1v) is 9.24. The van der Waals surface area contributed by atoms with Crippen molar-refractivity contribution in [2.75, 3.05) is 31.6 Å². The summed E-state index contributed by atoms with van der Waals surface area (Å²) in [7, 11) is 0. The van der Waals surface area contributed by atoms with Gasteiger partial charge in [-0.05, 0) is 24.6 Å². The lowest BCUT2D eigenvalue weighted by atomic mass is 10.1. The Morgan fingerprint density at radius 3 is 2.68 bits per heavy atom. The molecule has 1 aromatic carbocycles. The quantitative estimate of drug-likeness (QED) is 0.751. The monoisotopic (exact) mass is 378 g/mol. The van der Waals surface area contributed by atoms with Crippen molar-refractivity contribution in [1.82, 2.24) is 24.6 Å². The van der Waals surface area contributed by atoms with Crippen LogP contribution in [0.2, 0.25) is 0 Å². The molecule has 144 valence electrons. The lowest BCUT2D eigenvalue weighted by molar-refractivity contribution is 0.0530. The third-order valence-corrected chi connectivity index (χ3v) is 4.56. The van der Waals surface area contributed by atoms with Gasteiger partial charge < -0.3 is 15.0 Å². The van der Waals surface area contributed by atoms with Crippen LogP contribution >= 0.6 is 0 Å². The second-order valence-electron chi connectivity index (χ2n) is 6.63. The summed E-state index contributed by atoms with van der Waals surface area (Å²) in [6.07, 6.45) is 3.37. The van der Waals surface area contributed by atoms with E-state index in [9.17, 15) is 4.79 Å². The van der Waals surface area contributed by atoms with Crippen LogP contribution < -0.4 is 5.32 Å². The Morgan fingerprint density at radius 2 is 1.96 bits per heavy atom. The molecule has 1 amide bonds. The summed E-state index contributed by atoms with van der Waals surface area (Å²) in [5.74, 6) is 0.872. The molecule has 3 heterocycles. The second kappa shape index (κ2) is 8.18. The van der Waals surface area contributed by atoms with E-state index in [-0.39, 0.29) is 6.03 Å². The molecule has 2 aromatic heterocycles. The highest BCUT2D eigenvalue weighted by molar-refractivity contribution is 5.79. The minimum atomic E-state index is -0.211.